The number of rotatable bonds is 2. The van der Waals surface area contributed by atoms with Crippen LogP contribution in [0.3, 0.4) is 0 Å². The molecule has 0 aromatic carbocycles. The van der Waals surface area contributed by atoms with Gasteiger partial charge in [0.2, 0.25) is 5.22 Å². The zero-order valence-electron chi connectivity index (χ0n) is 8.14. The van der Waals surface area contributed by atoms with Crippen molar-refractivity contribution in [3.8, 4) is 11.3 Å². The molecule has 2 aromatic heterocycles. The maximum atomic E-state index is 11.5. The molecule has 2 aromatic rings. The Balaban J connectivity index is 2.48. The Morgan fingerprint density at radius 3 is 3.06 bits per heavy atom. The SMILES string of the molecule is CC=[O+]C(=O)c1nsnc1-c1ccoc1Cl. The van der Waals surface area contributed by atoms with E-state index in [1.54, 1.807) is 13.0 Å². The van der Waals surface area contributed by atoms with Crippen LogP contribution in [0.2, 0.25) is 5.22 Å². The number of hydrogen-bond acceptors (Lipinski definition) is 5. The summed E-state index contributed by atoms with van der Waals surface area (Å²) in [6.45, 7) is 1.60. The molecule has 0 radical (unpaired) electrons. The van der Waals surface area contributed by atoms with E-state index in [-0.39, 0.29) is 10.9 Å². The number of aldehydes is 1. The number of carbonyl (C=O) groups excluding carboxylic acids is 2. The van der Waals surface area contributed by atoms with Gasteiger partial charge in [-0.2, -0.15) is 8.75 Å². The fourth-order valence-corrected chi connectivity index (χ4v) is 1.88. The Kier molecular flexibility index (Phi) is 3.12. The van der Waals surface area contributed by atoms with E-state index < -0.39 is 5.97 Å². The van der Waals surface area contributed by atoms with Gasteiger partial charge in [0, 0.05) is 6.92 Å². The first kappa shape index (κ1) is 11.0. The Labute approximate surface area is 99.7 Å². The van der Waals surface area contributed by atoms with Gasteiger partial charge in [-0.1, -0.05) is 0 Å². The highest BCUT2D eigenvalue weighted by Crippen LogP contribution is 2.30. The molecule has 16 heavy (non-hydrogen) atoms. The molecule has 0 spiro atoms. The van der Waals surface area contributed by atoms with Crippen LogP contribution >= 0.6 is 23.3 Å². The van der Waals surface area contributed by atoms with Crippen LogP contribution in [-0.2, 0) is 4.42 Å². The van der Waals surface area contributed by atoms with Crippen molar-refractivity contribution in [2.45, 2.75) is 6.92 Å². The average molecular weight is 258 g/mol. The predicted molar refractivity (Wildman–Crippen MR) is 58.7 cm³/mol. The van der Waals surface area contributed by atoms with E-state index in [0.717, 1.165) is 11.7 Å². The lowest BCUT2D eigenvalue weighted by molar-refractivity contribution is -0.340. The second-order valence-corrected chi connectivity index (χ2v) is 3.58. The van der Waals surface area contributed by atoms with Crippen LogP contribution in [0.15, 0.2) is 16.7 Å². The molecule has 0 saturated carbocycles. The number of aromatic nitrogens is 2. The minimum Gasteiger partial charge on any atom is -0.452 e. The second-order valence-electron chi connectivity index (χ2n) is 2.71. The van der Waals surface area contributed by atoms with E-state index in [1.165, 1.54) is 12.5 Å². The molecule has 0 bridgehead atoms. The van der Waals surface area contributed by atoms with E-state index in [4.69, 9.17) is 20.4 Å². The van der Waals surface area contributed by atoms with E-state index in [1.807, 2.05) is 0 Å². The molecular weight excluding hydrogens is 252 g/mol. The summed E-state index contributed by atoms with van der Waals surface area (Å²) in [7, 11) is 0. The third-order valence-electron chi connectivity index (χ3n) is 1.78. The zero-order valence-corrected chi connectivity index (χ0v) is 9.71. The first-order valence-electron chi connectivity index (χ1n) is 4.28. The van der Waals surface area contributed by atoms with E-state index in [2.05, 4.69) is 8.75 Å². The van der Waals surface area contributed by atoms with Crippen LogP contribution in [0.5, 0.6) is 0 Å². The van der Waals surface area contributed by atoms with Crippen LogP contribution in [0, 0.1) is 0 Å². The third-order valence-corrected chi connectivity index (χ3v) is 2.60. The number of halogens is 1. The van der Waals surface area contributed by atoms with Gasteiger partial charge in [0.15, 0.2) is 6.29 Å². The molecule has 0 saturated heterocycles. The van der Waals surface area contributed by atoms with Crippen molar-refractivity contribution in [2.24, 2.45) is 0 Å². The molecule has 0 atom stereocenters. The van der Waals surface area contributed by atoms with Gasteiger partial charge in [0.1, 0.15) is 5.69 Å². The largest absolute Gasteiger partial charge is 0.634 e. The molecule has 0 aliphatic heterocycles. The molecule has 82 valence electrons. The molecule has 0 aliphatic carbocycles. The third kappa shape index (κ3) is 1.89. The summed E-state index contributed by atoms with van der Waals surface area (Å²) in [5, 5.41) is 0.169. The monoisotopic (exact) mass is 257 g/mol. The maximum Gasteiger partial charge on any atom is 0.634 e. The van der Waals surface area contributed by atoms with Crippen molar-refractivity contribution >= 4 is 35.6 Å². The zero-order chi connectivity index (χ0) is 11.5. The van der Waals surface area contributed by atoms with E-state index in [9.17, 15) is 4.79 Å². The summed E-state index contributed by atoms with van der Waals surface area (Å²) in [5.41, 5.74) is 1.03. The molecule has 0 fully saturated rings. The highest BCUT2D eigenvalue weighted by molar-refractivity contribution is 6.99. The fraction of sp³-hybridized carbons (Fsp3) is 0.111. The summed E-state index contributed by atoms with van der Waals surface area (Å²) in [6, 6.07) is 1.62. The smallest absolute Gasteiger partial charge is 0.452 e. The van der Waals surface area contributed by atoms with Crippen LogP contribution in [0.25, 0.3) is 11.3 Å². The number of nitrogens with zero attached hydrogens (tertiary/aromatic N) is 2. The van der Waals surface area contributed by atoms with Gasteiger partial charge in [-0.3, -0.25) is 4.42 Å². The van der Waals surface area contributed by atoms with Gasteiger partial charge in [-0.15, -0.1) is 0 Å². The Morgan fingerprint density at radius 2 is 2.44 bits per heavy atom. The summed E-state index contributed by atoms with van der Waals surface area (Å²) >= 11 is 6.71. The van der Waals surface area contributed by atoms with Gasteiger partial charge in [0.25, 0.3) is 5.69 Å². The normalized spacial score (nSPS) is 11.1. The summed E-state index contributed by atoms with van der Waals surface area (Å²) < 4.78 is 17.5. The quantitative estimate of drug-likeness (QED) is 0.612. The second kappa shape index (κ2) is 4.54. The topological polar surface area (TPSA) is 67.3 Å². The molecule has 2 rings (SSSR count). The average Bonchev–Trinajstić information content (AvgIpc) is 2.85. The summed E-state index contributed by atoms with van der Waals surface area (Å²) in [6.07, 6.45) is 2.69. The Hall–Kier alpha value is -1.53. The van der Waals surface area contributed by atoms with Crippen molar-refractivity contribution in [1.29, 1.82) is 0 Å². The van der Waals surface area contributed by atoms with Crippen LogP contribution in [0.1, 0.15) is 17.4 Å². The van der Waals surface area contributed by atoms with Crippen molar-refractivity contribution in [3.05, 3.63) is 23.2 Å². The van der Waals surface area contributed by atoms with Gasteiger partial charge >= 0.3 is 5.97 Å². The van der Waals surface area contributed by atoms with Gasteiger partial charge < -0.3 is 4.42 Å². The summed E-state index contributed by atoms with van der Waals surface area (Å²) in [5.74, 6) is -0.566. The van der Waals surface area contributed by atoms with E-state index >= 15 is 0 Å². The lowest BCUT2D eigenvalue weighted by Gasteiger charge is -1.89. The minimum absolute atomic E-state index is 0.131. The van der Waals surface area contributed by atoms with Crippen molar-refractivity contribution in [2.75, 3.05) is 0 Å². The lowest BCUT2D eigenvalue weighted by atomic mass is 10.2. The molecule has 2 heterocycles. The van der Waals surface area contributed by atoms with Crippen LogP contribution < -0.4 is 0 Å². The fourth-order valence-electron chi connectivity index (χ4n) is 1.12. The van der Waals surface area contributed by atoms with Gasteiger partial charge in [0.05, 0.1) is 28.3 Å². The highest BCUT2D eigenvalue weighted by Gasteiger charge is 2.29. The molecule has 7 heteroatoms. The number of furan rings is 1. The molecule has 0 aliphatic rings. The predicted octanol–water partition coefficient (Wildman–Crippen LogP) is 2.35. The number of hydrogen-bond donors (Lipinski definition) is 0. The van der Waals surface area contributed by atoms with Gasteiger partial charge in [-0.25, -0.2) is 0 Å². The van der Waals surface area contributed by atoms with Gasteiger partial charge in [-0.05, 0) is 17.7 Å². The van der Waals surface area contributed by atoms with Crippen molar-refractivity contribution in [3.63, 3.8) is 0 Å². The first-order valence-corrected chi connectivity index (χ1v) is 5.39. The molecule has 0 unspecified atom stereocenters. The Morgan fingerprint density at radius 1 is 1.62 bits per heavy atom. The van der Waals surface area contributed by atoms with Crippen LogP contribution in [0.4, 0.5) is 0 Å². The molecule has 0 N–H and O–H groups in total. The highest BCUT2D eigenvalue weighted by atomic mass is 35.5. The maximum absolute atomic E-state index is 11.5. The Bertz CT molecular complexity index is 546. The lowest BCUT2D eigenvalue weighted by Crippen LogP contribution is -2.02. The van der Waals surface area contributed by atoms with Crippen molar-refractivity contribution < 1.29 is 13.6 Å². The first-order chi connectivity index (χ1) is 7.74. The summed E-state index contributed by atoms with van der Waals surface area (Å²) in [4.78, 5) is 11.5. The number of carbonyl (C=O) groups is 1. The molecule has 0 amide bonds. The minimum atomic E-state index is -0.566. The molecular formula is C9H6ClN2O3S+. The van der Waals surface area contributed by atoms with Crippen molar-refractivity contribution in [1.82, 2.24) is 8.75 Å². The van der Waals surface area contributed by atoms with Crippen LogP contribution in [-0.4, -0.2) is 21.0 Å². The van der Waals surface area contributed by atoms with E-state index in [0.29, 0.717) is 11.3 Å². The standard InChI is InChI=1S/C9H6ClN2O3S/c1-2-14-9(13)7-6(11-16-12-7)5-3-4-15-8(5)10/h2-4H,1H3/q+1. The molecule has 5 nitrogen and oxygen atoms in total.